The topological polar surface area (TPSA) is 79.4 Å². The quantitative estimate of drug-likeness (QED) is 0.877. The second-order valence-electron chi connectivity index (χ2n) is 2.50. The van der Waals surface area contributed by atoms with Gasteiger partial charge in [-0.3, -0.25) is 4.57 Å². The first-order valence-corrected chi connectivity index (χ1v) is 4.69. The molecule has 0 bridgehead atoms. The van der Waals surface area contributed by atoms with Crippen LogP contribution in [0, 0.1) is 0 Å². The van der Waals surface area contributed by atoms with Crippen LogP contribution in [0.3, 0.4) is 0 Å². The van der Waals surface area contributed by atoms with E-state index >= 15 is 0 Å². The molecule has 15 heavy (non-hydrogen) atoms. The number of hydrogen-bond donors (Lipinski definition) is 1. The molecular weight excluding hydrogens is 245 g/mol. The Hall–Kier alpha value is -1.14. The monoisotopic (exact) mass is 253 g/mol. The van der Waals surface area contributed by atoms with E-state index in [0.29, 0.717) is 0 Å². The van der Waals surface area contributed by atoms with Crippen LogP contribution < -0.4 is 10.5 Å². The summed E-state index contributed by atoms with van der Waals surface area (Å²) in [7, 11) is 1.43. The zero-order valence-corrected chi connectivity index (χ0v) is 9.38. The van der Waals surface area contributed by atoms with Crippen molar-refractivity contribution in [2.75, 3.05) is 13.7 Å². The molecule has 1 amide bonds. The van der Waals surface area contributed by atoms with Crippen LogP contribution in [0.15, 0.2) is 0 Å². The van der Waals surface area contributed by atoms with Crippen molar-refractivity contribution in [3.63, 3.8) is 0 Å². The molecule has 84 valence electrons. The molecule has 0 saturated carbocycles. The first kappa shape index (κ1) is 11.9. The molecule has 1 aromatic heterocycles. The highest BCUT2D eigenvalue weighted by Gasteiger charge is 2.14. The van der Waals surface area contributed by atoms with Crippen molar-refractivity contribution in [1.82, 2.24) is 9.55 Å². The van der Waals surface area contributed by atoms with Crippen molar-refractivity contribution in [2.45, 2.75) is 6.54 Å². The first-order chi connectivity index (χ1) is 7.06. The van der Waals surface area contributed by atoms with Gasteiger partial charge < -0.3 is 15.2 Å². The maximum absolute atomic E-state index is 10.3. The Labute approximate surface area is 95.9 Å². The van der Waals surface area contributed by atoms with Crippen LogP contribution >= 0.6 is 23.2 Å². The summed E-state index contributed by atoms with van der Waals surface area (Å²) in [6.07, 6.45) is -0.851. The Kier molecular flexibility index (Phi) is 4.05. The third-order valence-electron chi connectivity index (χ3n) is 1.57. The fraction of sp³-hybridized carbons (Fsp3) is 0.429. The van der Waals surface area contributed by atoms with Gasteiger partial charge in [-0.2, -0.15) is 4.98 Å². The van der Waals surface area contributed by atoms with Gasteiger partial charge in [0, 0.05) is 0 Å². The average Bonchev–Trinajstić information content (AvgIpc) is 2.44. The van der Waals surface area contributed by atoms with Crippen LogP contribution in [0.25, 0.3) is 0 Å². The van der Waals surface area contributed by atoms with Gasteiger partial charge in [-0.25, -0.2) is 4.79 Å². The molecule has 0 atom stereocenters. The van der Waals surface area contributed by atoms with Gasteiger partial charge in [0.05, 0.1) is 13.7 Å². The van der Waals surface area contributed by atoms with E-state index in [4.69, 9.17) is 33.7 Å². The van der Waals surface area contributed by atoms with Crippen molar-refractivity contribution in [1.29, 1.82) is 0 Å². The lowest BCUT2D eigenvalue weighted by atomic mass is 10.6. The Bertz CT molecular complexity index is 367. The van der Waals surface area contributed by atoms with Gasteiger partial charge in [0.15, 0.2) is 10.3 Å². The second kappa shape index (κ2) is 5.09. The number of rotatable bonds is 4. The minimum Gasteiger partial charge on any atom is -0.468 e. The minimum atomic E-state index is -0.851. The van der Waals surface area contributed by atoms with Gasteiger partial charge in [-0.15, -0.1) is 0 Å². The SMILES string of the molecule is COc1nc(Cl)c(Cl)n1CCOC(N)=O. The van der Waals surface area contributed by atoms with Crippen molar-refractivity contribution in [3.8, 4) is 6.01 Å². The highest BCUT2D eigenvalue weighted by Crippen LogP contribution is 2.26. The van der Waals surface area contributed by atoms with Crippen LogP contribution in [-0.2, 0) is 11.3 Å². The normalized spacial score (nSPS) is 10.1. The molecule has 0 spiro atoms. The van der Waals surface area contributed by atoms with Crippen molar-refractivity contribution in [2.24, 2.45) is 5.73 Å². The van der Waals surface area contributed by atoms with Crippen LogP contribution in [0.4, 0.5) is 4.79 Å². The lowest BCUT2D eigenvalue weighted by molar-refractivity contribution is 0.151. The third kappa shape index (κ3) is 2.90. The zero-order valence-electron chi connectivity index (χ0n) is 7.87. The van der Waals surface area contributed by atoms with E-state index in [1.165, 1.54) is 11.7 Å². The van der Waals surface area contributed by atoms with E-state index in [9.17, 15) is 4.79 Å². The molecule has 1 aromatic rings. The third-order valence-corrected chi connectivity index (χ3v) is 2.32. The standard InChI is InChI=1S/C7H9Cl2N3O3/c1-14-7-11-4(8)5(9)12(7)2-3-15-6(10)13/h2-3H2,1H3,(H2,10,13). The smallest absolute Gasteiger partial charge is 0.404 e. The Balaban J connectivity index is 2.70. The fourth-order valence-corrected chi connectivity index (χ4v) is 1.35. The molecule has 0 saturated heterocycles. The summed E-state index contributed by atoms with van der Waals surface area (Å²) in [6.45, 7) is 0.336. The van der Waals surface area contributed by atoms with Crippen molar-refractivity contribution in [3.05, 3.63) is 10.3 Å². The molecule has 2 N–H and O–H groups in total. The number of methoxy groups -OCH3 is 1. The maximum Gasteiger partial charge on any atom is 0.404 e. The molecule has 0 fully saturated rings. The molecule has 0 aromatic carbocycles. The number of nitrogens with zero attached hydrogens (tertiary/aromatic N) is 2. The number of ether oxygens (including phenoxy) is 2. The second-order valence-corrected chi connectivity index (χ2v) is 3.22. The molecule has 8 heteroatoms. The highest BCUT2D eigenvalue weighted by molar-refractivity contribution is 6.40. The van der Waals surface area contributed by atoms with Crippen LogP contribution in [0.2, 0.25) is 10.3 Å². The lowest BCUT2D eigenvalue weighted by Gasteiger charge is -2.06. The predicted molar refractivity (Wildman–Crippen MR) is 54.3 cm³/mol. The number of nitrogens with two attached hydrogens (primary N) is 1. The number of hydrogen-bond acceptors (Lipinski definition) is 4. The van der Waals surface area contributed by atoms with Gasteiger partial charge >= 0.3 is 6.09 Å². The fourth-order valence-electron chi connectivity index (χ4n) is 0.973. The average molecular weight is 254 g/mol. The van der Waals surface area contributed by atoms with E-state index in [0.717, 1.165) is 0 Å². The molecule has 0 aliphatic heterocycles. The van der Waals surface area contributed by atoms with Gasteiger partial charge in [-0.05, 0) is 0 Å². The molecular formula is C7H9Cl2N3O3. The van der Waals surface area contributed by atoms with E-state index in [1.807, 2.05) is 0 Å². The van der Waals surface area contributed by atoms with Crippen LogP contribution in [0.1, 0.15) is 0 Å². The Morgan fingerprint density at radius 1 is 1.60 bits per heavy atom. The summed E-state index contributed by atoms with van der Waals surface area (Å²) in [4.78, 5) is 14.1. The van der Waals surface area contributed by atoms with Crippen LogP contribution in [-0.4, -0.2) is 29.4 Å². The number of amides is 1. The van der Waals surface area contributed by atoms with Crippen molar-refractivity contribution >= 4 is 29.3 Å². The van der Waals surface area contributed by atoms with Gasteiger partial charge in [0.2, 0.25) is 0 Å². The molecule has 6 nitrogen and oxygen atoms in total. The number of halogens is 2. The number of carbonyl (C=O) groups excluding carboxylic acids is 1. The Morgan fingerprint density at radius 2 is 2.27 bits per heavy atom. The van der Waals surface area contributed by atoms with E-state index in [1.54, 1.807) is 0 Å². The summed E-state index contributed by atoms with van der Waals surface area (Å²) in [5, 5.41) is 0.356. The zero-order chi connectivity index (χ0) is 11.4. The summed E-state index contributed by atoms with van der Waals surface area (Å²) in [6, 6.07) is 0.248. The number of carbonyl (C=O) groups is 1. The number of imidazole rings is 1. The minimum absolute atomic E-state index is 0.0676. The molecule has 0 aliphatic carbocycles. The van der Waals surface area contributed by atoms with E-state index < -0.39 is 6.09 Å². The maximum atomic E-state index is 10.3. The van der Waals surface area contributed by atoms with Crippen LogP contribution in [0.5, 0.6) is 6.01 Å². The first-order valence-electron chi connectivity index (χ1n) is 3.94. The van der Waals surface area contributed by atoms with Gasteiger partial charge in [0.25, 0.3) is 6.01 Å². The predicted octanol–water partition coefficient (Wildman–Crippen LogP) is 1.29. The number of primary amides is 1. The molecule has 0 unspecified atom stereocenters. The summed E-state index contributed by atoms with van der Waals surface area (Å²) < 4.78 is 10.9. The molecule has 1 heterocycles. The van der Waals surface area contributed by atoms with E-state index in [-0.39, 0.29) is 29.5 Å². The lowest BCUT2D eigenvalue weighted by Crippen LogP contribution is -2.17. The van der Waals surface area contributed by atoms with Gasteiger partial charge in [0.1, 0.15) is 6.61 Å². The molecule has 1 rings (SSSR count). The Morgan fingerprint density at radius 3 is 2.80 bits per heavy atom. The summed E-state index contributed by atoms with van der Waals surface area (Å²) in [5.41, 5.74) is 4.79. The van der Waals surface area contributed by atoms with Crippen molar-refractivity contribution < 1.29 is 14.3 Å². The van der Waals surface area contributed by atoms with E-state index in [2.05, 4.69) is 9.72 Å². The highest BCUT2D eigenvalue weighted by atomic mass is 35.5. The van der Waals surface area contributed by atoms with Gasteiger partial charge in [-0.1, -0.05) is 23.2 Å². The largest absolute Gasteiger partial charge is 0.468 e. The number of aromatic nitrogens is 2. The molecule has 0 radical (unpaired) electrons. The molecule has 0 aliphatic rings. The summed E-state index contributed by atoms with van der Waals surface area (Å²) in [5.74, 6) is 0. The summed E-state index contributed by atoms with van der Waals surface area (Å²) >= 11 is 11.5.